The highest BCUT2D eigenvalue weighted by Gasteiger charge is 2.52. The van der Waals surface area contributed by atoms with Gasteiger partial charge in [-0.25, -0.2) is 4.39 Å². The highest BCUT2D eigenvalue weighted by molar-refractivity contribution is 5.72. The maximum absolute atomic E-state index is 13.3. The Bertz CT molecular complexity index is 808. The Morgan fingerprint density at radius 3 is 2.43 bits per heavy atom. The summed E-state index contributed by atoms with van der Waals surface area (Å²) in [5.41, 5.74) is 0. The molecule has 0 radical (unpaired) electrons. The van der Waals surface area contributed by atoms with Gasteiger partial charge in [-0.1, -0.05) is 0 Å². The number of ether oxygens (including phenoxy) is 7. The van der Waals surface area contributed by atoms with Gasteiger partial charge in [-0.3, -0.25) is 4.79 Å². The van der Waals surface area contributed by atoms with Gasteiger partial charge in [0.1, 0.15) is 30.4 Å². The van der Waals surface area contributed by atoms with Crippen LogP contribution in [0.3, 0.4) is 0 Å². The molecule has 1 saturated carbocycles. The van der Waals surface area contributed by atoms with Gasteiger partial charge in [-0.15, -0.1) is 0 Å². The Hall–Kier alpha value is -1.78. The van der Waals surface area contributed by atoms with Crippen molar-refractivity contribution in [2.75, 3.05) is 26.4 Å². The maximum Gasteiger partial charge on any atom is 0.306 e. The van der Waals surface area contributed by atoms with E-state index in [2.05, 4.69) is 0 Å². The second-order valence-electron chi connectivity index (χ2n) is 9.72. The molecule has 1 aromatic rings. The second kappa shape index (κ2) is 12.0. The summed E-state index contributed by atoms with van der Waals surface area (Å²) in [5.74, 6) is -0.0122. The molecule has 3 saturated heterocycles. The molecule has 0 spiro atoms. The number of rotatable bonds is 10. The Morgan fingerprint density at radius 2 is 1.71 bits per heavy atom. The molecule has 1 aromatic carbocycles. The molecular formula is C26H35FO8. The summed E-state index contributed by atoms with van der Waals surface area (Å²) in [4.78, 5) is 12.0. The molecule has 194 valence electrons. The first kappa shape index (κ1) is 24.9. The number of halogens is 1. The number of carbonyl (C=O) groups is 1. The number of carbonyl (C=O) groups excluding carboxylic acids is 1. The molecule has 4 fully saturated rings. The number of fused-ring (bicyclic) bond motifs is 1. The van der Waals surface area contributed by atoms with Gasteiger partial charge in [0.05, 0.1) is 25.2 Å². The molecule has 3 unspecified atom stereocenters. The number of esters is 1. The number of hydrogen-bond donors (Lipinski definition) is 0. The standard InChI is InChI=1S/C26H35FO8/c27-17-7-9-18(10-8-17)31-15-19(33-24-5-1-3-11-29-24)16-32-26-20-13-23(28)34-21(20)14-22(26)35-25-6-2-4-12-30-25/h7-10,19-22,24-26H,1-6,11-16H2/t19?,20-,21-,22+,24?,25?,26+/m1/s1. The van der Waals surface area contributed by atoms with Crippen molar-refractivity contribution in [2.45, 2.75) is 88.4 Å². The third-order valence-electron chi connectivity index (χ3n) is 7.09. The zero-order chi connectivity index (χ0) is 24.0. The van der Waals surface area contributed by atoms with Crippen molar-refractivity contribution in [3.05, 3.63) is 30.1 Å². The Morgan fingerprint density at radius 1 is 0.971 bits per heavy atom. The first-order valence-electron chi connectivity index (χ1n) is 12.9. The van der Waals surface area contributed by atoms with E-state index in [1.54, 1.807) is 12.1 Å². The van der Waals surface area contributed by atoms with E-state index in [9.17, 15) is 9.18 Å². The normalized spacial score (nSPS) is 33.8. The van der Waals surface area contributed by atoms with Crippen LogP contribution in [0.1, 0.15) is 51.4 Å². The molecule has 9 heteroatoms. The summed E-state index contributed by atoms with van der Waals surface area (Å²) in [6.45, 7) is 1.83. The van der Waals surface area contributed by atoms with E-state index < -0.39 is 6.10 Å². The van der Waals surface area contributed by atoms with Crippen LogP contribution in [-0.2, 0) is 33.2 Å². The first-order valence-corrected chi connectivity index (χ1v) is 12.9. The van der Waals surface area contributed by atoms with Gasteiger partial charge in [0.15, 0.2) is 12.6 Å². The molecule has 1 aliphatic carbocycles. The minimum Gasteiger partial charge on any atom is -0.491 e. The molecule has 35 heavy (non-hydrogen) atoms. The highest BCUT2D eigenvalue weighted by Crippen LogP contribution is 2.41. The third-order valence-corrected chi connectivity index (χ3v) is 7.09. The fourth-order valence-electron chi connectivity index (χ4n) is 5.29. The zero-order valence-electron chi connectivity index (χ0n) is 20.0. The largest absolute Gasteiger partial charge is 0.491 e. The lowest BCUT2D eigenvalue weighted by atomic mass is 10.0. The van der Waals surface area contributed by atoms with Gasteiger partial charge in [0, 0.05) is 25.6 Å². The van der Waals surface area contributed by atoms with E-state index >= 15 is 0 Å². The Kier molecular flexibility index (Phi) is 8.51. The van der Waals surface area contributed by atoms with Crippen molar-refractivity contribution < 1.29 is 42.3 Å². The second-order valence-corrected chi connectivity index (χ2v) is 9.72. The Labute approximate surface area is 205 Å². The van der Waals surface area contributed by atoms with Crippen molar-refractivity contribution >= 4 is 5.97 Å². The quantitative estimate of drug-likeness (QED) is 0.455. The SMILES string of the molecule is O=C1C[C@H]2[C@H](OCC(COc3ccc(F)cc3)OC3CCCCO3)[C@@H](OC3CCCCO3)C[C@H]2O1. The minimum absolute atomic E-state index is 0.0549. The van der Waals surface area contributed by atoms with Gasteiger partial charge in [0.25, 0.3) is 0 Å². The lowest BCUT2D eigenvalue weighted by Crippen LogP contribution is -2.40. The van der Waals surface area contributed by atoms with Crippen LogP contribution >= 0.6 is 0 Å². The molecule has 5 rings (SSSR count). The summed E-state index contributed by atoms with van der Waals surface area (Å²) in [7, 11) is 0. The van der Waals surface area contributed by atoms with Gasteiger partial charge in [-0.2, -0.15) is 0 Å². The van der Waals surface area contributed by atoms with Crippen LogP contribution in [0.15, 0.2) is 24.3 Å². The fraction of sp³-hybridized carbons (Fsp3) is 0.731. The molecule has 0 aromatic heterocycles. The first-order chi connectivity index (χ1) is 17.1. The molecule has 8 nitrogen and oxygen atoms in total. The van der Waals surface area contributed by atoms with E-state index in [1.807, 2.05) is 0 Å². The van der Waals surface area contributed by atoms with Crippen LogP contribution in [0.25, 0.3) is 0 Å². The van der Waals surface area contributed by atoms with Crippen molar-refractivity contribution in [3.63, 3.8) is 0 Å². The fourth-order valence-corrected chi connectivity index (χ4v) is 5.29. The zero-order valence-corrected chi connectivity index (χ0v) is 20.0. The average Bonchev–Trinajstić information content (AvgIpc) is 3.38. The van der Waals surface area contributed by atoms with Gasteiger partial charge in [0.2, 0.25) is 0 Å². The molecule has 4 aliphatic rings. The third kappa shape index (κ3) is 6.71. The number of hydrogen-bond acceptors (Lipinski definition) is 8. The molecule has 0 amide bonds. The van der Waals surface area contributed by atoms with E-state index in [-0.39, 0.29) is 61.8 Å². The van der Waals surface area contributed by atoms with Gasteiger partial charge < -0.3 is 33.2 Å². The molecule has 0 N–H and O–H groups in total. The summed E-state index contributed by atoms with van der Waals surface area (Å²) in [6, 6.07) is 5.89. The number of benzene rings is 1. The van der Waals surface area contributed by atoms with Crippen LogP contribution in [0, 0.1) is 11.7 Å². The molecular weight excluding hydrogens is 459 g/mol. The minimum atomic E-state index is -0.410. The van der Waals surface area contributed by atoms with Crippen molar-refractivity contribution in [1.82, 2.24) is 0 Å². The average molecular weight is 495 g/mol. The predicted octanol–water partition coefficient (Wildman–Crippen LogP) is 3.75. The summed E-state index contributed by atoms with van der Waals surface area (Å²) < 4.78 is 55.1. The summed E-state index contributed by atoms with van der Waals surface area (Å²) in [6.07, 6.45) is 5.08. The molecule has 0 bridgehead atoms. The van der Waals surface area contributed by atoms with E-state index in [1.165, 1.54) is 12.1 Å². The van der Waals surface area contributed by atoms with Crippen LogP contribution in [0.2, 0.25) is 0 Å². The lowest BCUT2D eigenvalue weighted by molar-refractivity contribution is -0.226. The van der Waals surface area contributed by atoms with E-state index in [0.29, 0.717) is 31.8 Å². The predicted molar refractivity (Wildman–Crippen MR) is 121 cm³/mol. The van der Waals surface area contributed by atoms with E-state index in [0.717, 1.165) is 38.5 Å². The van der Waals surface area contributed by atoms with Crippen molar-refractivity contribution in [2.24, 2.45) is 5.92 Å². The summed E-state index contributed by atoms with van der Waals surface area (Å²) in [5, 5.41) is 0. The van der Waals surface area contributed by atoms with Crippen molar-refractivity contribution in [3.8, 4) is 5.75 Å². The maximum atomic E-state index is 13.3. The van der Waals surface area contributed by atoms with Crippen LogP contribution in [-0.4, -0.2) is 69.4 Å². The topological polar surface area (TPSA) is 81.7 Å². The Balaban J connectivity index is 1.22. The summed E-state index contributed by atoms with van der Waals surface area (Å²) >= 11 is 0. The monoisotopic (exact) mass is 494 g/mol. The van der Waals surface area contributed by atoms with Gasteiger partial charge >= 0.3 is 5.97 Å². The van der Waals surface area contributed by atoms with Crippen LogP contribution in [0.4, 0.5) is 4.39 Å². The highest BCUT2D eigenvalue weighted by atomic mass is 19.1. The molecule has 3 heterocycles. The van der Waals surface area contributed by atoms with Crippen LogP contribution in [0.5, 0.6) is 5.75 Å². The van der Waals surface area contributed by atoms with E-state index in [4.69, 9.17) is 33.2 Å². The molecule has 3 aliphatic heterocycles. The van der Waals surface area contributed by atoms with Gasteiger partial charge in [-0.05, 0) is 62.8 Å². The van der Waals surface area contributed by atoms with Crippen LogP contribution < -0.4 is 4.74 Å². The molecule has 7 atom stereocenters. The smallest absolute Gasteiger partial charge is 0.306 e. The van der Waals surface area contributed by atoms with Crippen molar-refractivity contribution in [1.29, 1.82) is 0 Å². The lowest BCUT2D eigenvalue weighted by Gasteiger charge is -2.32.